The van der Waals surface area contributed by atoms with Crippen LogP contribution in [0, 0.1) is 11.3 Å². The van der Waals surface area contributed by atoms with E-state index in [4.69, 9.17) is 0 Å². The minimum Gasteiger partial charge on any atom is -0.317 e. The third kappa shape index (κ3) is 3.27. The van der Waals surface area contributed by atoms with E-state index in [0.29, 0.717) is 5.13 Å². The fourth-order valence-electron chi connectivity index (χ4n) is 2.83. The molecule has 1 spiro atoms. The highest BCUT2D eigenvalue weighted by Gasteiger charge is 2.57. The maximum Gasteiger partial charge on any atom is 0.229 e. The summed E-state index contributed by atoms with van der Waals surface area (Å²) in [5.74, 6) is 1.29. The number of amides is 1. The predicted octanol–water partition coefficient (Wildman–Crippen LogP) is 2.40. The lowest BCUT2D eigenvalue weighted by Crippen LogP contribution is -2.31. The van der Waals surface area contributed by atoms with E-state index >= 15 is 0 Å². The summed E-state index contributed by atoms with van der Waals surface area (Å²) in [6.45, 7) is 4.16. The highest BCUT2D eigenvalue weighted by Crippen LogP contribution is 2.58. The molecular formula is C12H19ClN4OS2. The maximum atomic E-state index is 12.2. The smallest absolute Gasteiger partial charge is 0.229 e. The molecule has 1 saturated heterocycles. The van der Waals surface area contributed by atoms with Crippen molar-refractivity contribution in [2.45, 2.75) is 30.5 Å². The molecule has 112 valence electrons. The minimum absolute atomic E-state index is 0. The number of nitrogens with one attached hydrogen (secondary N) is 2. The maximum absolute atomic E-state index is 12.2. The summed E-state index contributed by atoms with van der Waals surface area (Å²) in [5.41, 5.74) is 0.279. The molecule has 5 nitrogen and oxygen atoms in total. The van der Waals surface area contributed by atoms with Crippen molar-refractivity contribution in [3.05, 3.63) is 0 Å². The van der Waals surface area contributed by atoms with E-state index in [0.717, 1.165) is 42.4 Å². The van der Waals surface area contributed by atoms with Crippen LogP contribution in [0.25, 0.3) is 0 Å². The second-order valence-electron chi connectivity index (χ2n) is 5.16. The molecule has 0 aromatic carbocycles. The third-order valence-corrected chi connectivity index (χ3v) is 5.86. The quantitative estimate of drug-likeness (QED) is 0.653. The Labute approximate surface area is 133 Å². The van der Waals surface area contributed by atoms with Gasteiger partial charge >= 0.3 is 0 Å². The highest BCUT2D eigenvalue weighted by atomic mass is 35.5. The highest BCUT2D eigenvalue weighted by molar-refractivity contribution is 8.01. The Hall–Kier alpha value is -0.370. The molecule has 3 rings (SSSR count). The Kier molecular flexibility index (Phi) is 5.28. The van der Waals surface area contributed by atoms with Crippen LogP contribution in [0.15, 0.2) is 4.34 Å². The monoisotopic (exact) mass is 334 g/mol. The van der Waals surface area contributed by atoms with Crippen molar-refractivity contribution in [2.75, 3.05) is 24.2 Å². The van der Waals surface area contributed by atoms with Crippen molar-refractivity contribution in [3.8, 4) is 0 Å². The van der Waals surface area contributed by atoms with Gasteiger partial charge in [0.05, 0.1) is 0 Å². The van der Waals surface area contributed by atoms with Gasteiger partial charge < -0.3 is 10.6 Å². The average Bonchev–Trinajstić information content (AvgIpc) is 2.91. The van der Waals surface area contributed by atoms with Crippen LogP contribution in [0.1, 0.15) is 26.2 Å². The van der Waals surface area contributed by atoms with Gasteiger partial charge in [0.15, 0.2) is 4.34 Å². The van der Waals surface area contributed by atoms with Gasteiger partial charge in [-0.2, -0.15) is 0 Å². The summed E-state index contributed by atoms with van der Waals surface area (Å²) in [5, 5.41) is 15.0. The van der Waals surface area contributed by atoms with E-state index in [9.17, 15) is 4.79 Å². The van der Waals surface area contributed by atoms with Gasteiger partial charge in [-0.25, -0.2) is 0 Å². The number of anilines is 1. The van der Waals surface area contributed by atoms with E-state index in [1.807, 2.05) is 0 Å². The van der Waals surface area contributed by atoms with E-state index in [-0.39, 0.29) is 29.6 Å². The van der Waals surface area contributed by atoms with Gasteiger partial charge in [0.25, 0.3) is 0 Å². The summed E-state index contributed by atoms with van der Waals surface area (Å²) in [7, 11) is 0. The molecule has 0 radical (unpaired) electrons. The van der Waals surface area contributed by atoms with E-state index in [1.165, 1.54) is 11.3 Å². The van der Waals surface area contributed by atoms with Crippen molar-refractivity contribution in [1.82, 2.24) is 15.5 Å². The van der Waals surface area contributed by atoms with E-state index in [1.54, 1.807) is 11.8 Å². The van der Waals surface area contributed by atoms with Crippen LogP contribution in [0.2, 0.25) is 0 Å². The largest absolute Gasteiger partial charge is 0.317 e. The number of piperidine rings is 1. The lowest BCUT2D eigenvalue weighted by atomic mass is 9.92. The number of nitrogens with zero attached hydrogens (tertiary/aromatic N) is 2. The average molecular weight is 335 g/mol. The molecule has 1 amide bonds. The third-order valence-electron chi connectivity index (χ3n) is 4.01. The molecular weight excluding hydrogens is 316 g/mol. The van der Waals surface area contributed by atoms with E-state index < -0.39 is 0 Å². The van der Waals surface area contributed by atoms with Crippen molar-refractivity contribution in [2.24, 2.45) is 11.3 Å². The molecule has 0 bridgehead atoms. The number of hydrogen-bond donors (Lipinski definition) is 2. The van der Waals surface area contributed by atoms with Crippen LogP contribution in [-0.4, -0.2) is 34.9 Å². The first-order chi connectivity index (χ1) is 9.23. The molecule has 1 aliphatic carbocycles. The summed E-state index contributed by atoms with van der Waals surface area (Å²) in [6, 6.07) is 0. The molecule has 20 heavy (non-hydrogen) atoms. The zero-order valence-corrected chi connectivity index (χ0v) is 13.8. The van der Waals surface area contributed by atoms with Gasteiger partial charge in [-0.1, -0.05) is 30.0 Å². The second-order valence-corrected chi connectivity index (χ2v) is 7.65. The molecule has 8 heteroatoms. The SMILES string of the molecule is CCSc1nnc(NC(=O)C2CC23CCNCC3)s1.Cl. The second kappa shape index (κ2) is 6.60. The number of hydrogen-bond acceptors (Lipinski definition) is 6. The van der Waals surface area contributed by atoms with Crippen molar-refractivity contribution >= 4 is 46.5 Å². The predicted molar refractivity (Wildman–Crippen MR) is 84.8 cm³/mol. The first-order valence-electron chi connectivity index (χ1n) is 6.71. The summed E-state index contributed by atoms with van der Waals surface area (Å²) >= 11 is 3.12. The molecule has 1 aromatic rings. The molecule has 1 aromatic heterocycles. The van der Waals surface area contributed by atoms with Crippen LogP contribution in [-0.2, 0) is 4.79 Å². The topological polar surface area (TPSA) is 66.9 Å². The Bertz CT molecular complexity index is 476. The van der Waals surface area contributed by atoms with Gasteiger partial charge in [0.2, 0.25) is 11.0 Å². The summed E-state index contributed by atoms with van der Waals surface area (Å²) in [6.07, 6.45) is 3.28. The number of thioether (sulfide) groups is 1. The summed E-state index contributed by atoms with van der Waals surface area (Å²) in [4.78, 5) is 12.2. The molecule has 1 atom stereocenters. The molecule has 1 aliphatic heterocycles. The Morgan fingerprint density at radius 2 is 2.25 bits per heavy atom. The van der Waals surface area contributed by atoms with Crippen LogP contribution in [0.3, 0.4) is 0 Å². The molecule has 2 heterocycles. The zero-order valence-electron chi connectivity index (χ0n) is 11.3. The minimum atomic E-state index is 0. The van der Waals surface area contributed by atoms with Crippen molar-refractivity contribution in [3.63, 3.8) is 0 Å². The van der Waals surface area contributed by atoms with Crippen molar-refractivity contribution in [1.29, 1.82) is 0 Å². The fraction of sp³-hybridized carbons (Fsp3) is 0.750. The van der Waals surface area contributed by atoms with Crippen molar-refractivity contribution < 1.29 is 4.79 Å². The van der Waals surface area contributed by atoms with Gasteiger partial charge in [0.1, 0.15) is 0 Å². The summed E-state index contributed by atoms with van der Waals surface area (Å²) < 4.78 is 0.921. The fourth-order valence-corrected chi connectivity index (χ4v) is 4.48. The Morgan fingerprint density at radius 3 is 2.95 bits per heavy atom. The van der Waals surface area contributed by atoms with Crippen LogP contribution in [0.4, 0.5) is 5.13 Å². The molecule has 2 fully saturated rings. The van der Waals surface area contributed by atoms with E-state index in [2.05, 4.69) is 27.8 Å². The van der Waals surface area contributed by atoms with Gasteiger partial charge in [-0.05, 0) is 43.5 Å². The number of aromatic nitrogens is 2. The first-order valence-corrected chi connectivity index (χ1v) is 8.51. The lowest BCUT2D eigenvalue weighted by Gasteiger charge is -2.22. The molecule has 2 aliphatic rings. The van der Waals surface area contributed by atoms with Crippen LogP contribution >= 0.6 is 35.5 Å². The Balaban J connectivity index is 0.00000147. The van der Waals surface area contributed by atoms with Gasteiger partial charge in [-0.3, -0.25) is 4.79 Å². The number of carbonyl (C=O) groups excluding carboxylic acids is 1. The molecule has 1 saturated carbocycles. The van der Waals surface area contributed by atoms with Gasteiger partial charge in [0, 0.05) is 5.92 Å². The zero-order chi connectivity index (χ0) is 13.3. The molecule has 2 N–H and O–H groups in total. The van der Waals surface area contributed by atoms with Crippen LogP contribution in [0.5, 0.6) is 0 Å². The number of rotatable bonds is 4. The number of halogens is 1. The van der Waals surface area contributed by atoms with Crippen LogP contribution < -0.4 is 10.6 Å². The first kappa shape index (κ1) is 16.0. The lowest BCUT2D eigenvalue weighted by molar-refractivity contribution is -0.118. The standard InChI is InChI=1S/C12H18N4OS2.ClH/c1-2-18-11-16-15-10(19-11)14-9(17)8-7-12(8)3-5-13-6-4-12;/h8,13H,2-7H2,1H3,(H,14,15,17);1H. The Morgan fingerprint density at radius 1 is 1.50 bits per heavy atom. The number of carbonyl (C=O) groups is 1. The van der Waals surface area contributed by atoms with Gasteiger partial charge in [-0.15, -0.1) is 22.6 Å². The normalized spacial score (nSPS) is 23.1. The molecule has 1 unspecified atom stereocenters.